The monoisotopic (exact) mass is 344 g/mol. The molecule has 0 aliphatic rings. The number of hydrogen-bond donors (Lipinski definition) is 2. The van der Waals surface area contributed by atoms with Crippen LogP contribution in [0.2, 0.25) is 0 Å². The number of nitrogens with one attached hydrogen (secondary N) is 2. The van der Waals surface area contributed by atoms with Gasteiger partial charge in [0.25, 0.3) is 0 Å². The van der Waals surface area contributed by atoms with E-state index in [-0.39, 0.29) is 5.97 Å². The fourth-order valence-corrected chi connectivity index (χ4v) is 3.06. The van der Waals surface area contributed by atoms with Crippen LogP contribution >= 0.6 is 0 Å². The van der Waals surface area contributed by atoms with Crippen molar-refractivity contribution in [3.8, 4) is 0 Å². The molecule has 2 rings (SSSR count). The fraction of sp³-hybridized carbons (Fsp3) is 0.500. The predicted molar refractivity (Wildman–Crippen MR) is 98.5 cm³/mol. The zero-order chi connectivity index (χ0) is 18.9. The highest BCUT2D eigenvalue weighted by Crippen LogP contribution is 2.25. The Kier molecular flexibility index (Phi) is 5.26. The quantitative estimate of drug-likeness (QED) is 0.631. The van der Waals surface area contributed by atoms with E-state index >= 15 is 0 Å². The molecule has 0 unspecified atom stereocenters. The van der Waals surface area contributed by atoms with E-state index < -0.39 is 5.60 Å². The molecule has 0 aliphatic heterocycles. The molecule has 2 N–H and O–H groups in total. The average molecular weight is 344 g/mol. The van der Waals surface area contributed by atoms with Crippen molar-refractivity contribution in [2.45, 2.75) is 66.9 Å². The third-order valence-corrected chi connectivity index (χ3v) is 4.62. The number of carbonyl (C=O) groups is 2. The Morgan fingerprint density at radius 2 is 1.64 bits per heavy atom. The zero-order valence-corrected chi connectivity index (χ0v) is 16.2. The number of aldehydes is 1. The van der Waals surface area contributed by atoms with Gasteiger partial charge < -0.3 is 14.7 Å². The van der Waals surface area contributed by atoms with Gasteiger partial charge in [-0.25, -0.2) is 4.79 Å². The molecule has 0 bridgehead atoms. The van der Waals surface area contributed by atoms with Crippen LogP contribution in [0.15, 0.2) is 0 Å². The number of H-pyrrole nitrogens is 2. The van der Waals surface area contributed by atoms with Crippen molar-refractivity contribution >= 4 is 12.3 Å². The van der Waals surface area contributed by atoms with Crippen LogP contribution in [0, 0.1) is 20.8 Å². The van der Waals surface area contributed by atoms with Gasteiger partial charge in [-0.2, -0.15) is 0 Å². The van der Waals surface area contributed by atoms with Crippen molar-refractivity contribution in [1.29, 1.82) is 0 Å². The lowest BCUT2D eigenvalue weighted by atomic mass is 10.0. The lowest BCUT2D eigenvalue weighted by Crippen LogP contribution is -2.24. The fourth-order valence-electron chi connectivity index (χ4n) is 3.06. The maximum Gasteiger partial charge on any atom is 0.355 e. The summed E-state index contributed by atoms with van der Waals surface area (Å²) in [5, 5.41) is 0. The Labute approximate surface area is 149 Å². The molecule has 0 atom stereocenters. The Morgan fingerprint density at radius 1 is 1.04 bits per heavy atom. The molecule has 0 saturated carbocycles. The third-order valence-electron chi connectivity index (χ3n) is 4.62. The Hall–Kier alpha value is -2.30. The molecule has 0 radical (unpaired) electrons. The molecule has 2 heterocycles. The highest BCUT2D eigenvalue weighted by atomic mass is 16.6. The van der Waals surface area contributed by atoms with E-state index in [2.05, 4.69) is 9.97 Å². The molecule has 25 heavy (non-hydrogen) atoms. The first-order chi connectivity index (χ1) is 11.6. The van der Waals surface area contributed by atoms with Crippen molar-refractivity contribution < 1.29 is 14.3 Å². The van der Waals surface area contributed by atoms with Gasteiger partial charge in [-0.15, -0.1) is 0 Å². The van der Waals surface area contributed by atoms with Crippen LogP contribution in [0.3, 0.4) is 0 Å². The van der Waals surface area contributed by atoms with Gasteiger partial charge in [0.05, 0.1) is 5.69 Å². The van der Waals surface area contributed by atoms with Crippen LogP contribution in [0.4, 0.5) is 0 Å². The van der Waals surface area contributed by atoms with Gasteiger partial charge in [-0.1, -0.05) is 6.92 Å². The van der Waals surface area contributed by atoms with Crippen LogP contribution in [-0.4, -0.2) is 27.8 Å². The molecular weight excluding hydrogens is 316 g/mol. The average Bonchev–Trinajstić information content (AvgIpc) is 2.97. The third kappa shape index (κ3) is 3.86. The second-order valence-electron chi connectivity index (χ2n) is 7.50. The molecule has 0 fully saturated rings. The smallest absolute Gasteiger partial charge is 0.355 e. The normalized spacial score (nSPS) is 11.6. The SMILES string of the molecule is CCc1c(C(=O)OC(C)(C)C)[nH]c(Cc2[nH]c(C=O)c(C)c2C)c1C. The summed E-state index contributed by atoms with van der Waals surface area (Å²) in [5.41, 5.74) is 6.67. The van der Waals surface area contributed by atoms with Gasteiger partial charge in [-0.05, 0) is 70.2 Å². The summed E-state index contributed by atoms with van der Waals surface area (Å²) in [6.07, 6.45) is 2.21. The van der Waals surface area contributed by atoms with Gasteiger partial charge in [0.1, 0.15) is 11.3 Å². The van der Waals surface area contributed by atoms with Crippen LogP contribution in [0.5, 0.6) is 0 Å². The minimum Gasteiger partial charge on any atom is -0.455 e. The number of esters is 1. The molecular formula is C20H28N2O3. The summed E-state index contributed by atoms with van der Waals surface area (Å²) in [7, 11) is 0. The maximum absolute atomic E-state index is 12.5. The molecule has 5 heteroatoms. The van der Waals surface area contributed by atoms with Crippen molar-refractivity contribution in [3.05, 3.63) is 45.0 Å². The van der Waals surface area contributed by atoms with Crippen molar-refractivity contribution in [1.82, 2.24) is 9.97 Å². The van der Waals surface area contributed by atoms with Gasteiger partial charge in [0.2, 0.25) is 0 Å². The van der Waals surface area contributed by atoms with Crippen LogP contribution in [0.1, 0.15) is 82.3 Å². The first-order valence-corrected chi connectivity index (χ1v) is 8.65. The summed E-state index contributed by atoms with van der Waals surface area (Å²) < 4.78 is 5.52. The number of carbonyl (C=O) groups excluding carboxylic acids is 2. The Morgan fingerprint density at radius 3 is 2.12 bits per heavy atom. The summed E-state index contributed by atoms with van der Waals surface area (Å²) in [6.45, 7) is 13.6. The van der Waals surface area contributed by atoms with Gasteiger partial charge in [0, 0.05) is 17.8 Å². The first-order valence-electron chi connectivity index (χ1n) is 8.65. The van der Waals surface area contributed by atoms with E-state index in [4.69, 9.17) is 4.74 Å². The highest BCUT2D eigenvalue weighted by Gasteiger charge is 2.24. The summed E-state index contributed by atoms with van der Waals surface area (Å²) >= 11 is 0. The zero-order valence-electron chi connectivity index (χ0n) is 16.2. The molecule has 0 saturated heterocycles. The van der Waals surface area contributed by atoms with Crippen molar-refractivity contribution in [2.24, 2.45) is 0 Å². The second kappa shape index (κ2) is 6.90. The highest BCUT2D eigenvalue weighted by molar-refractivity contribution is 5.90. The second-order valence-corrected chi connectivity index (χ2v) is 7.50. The lowest BCUT2D eigenvalue weighted by Gasteiger charge is -2.19. The molecule has 0 amide bonds. The van der Waals surface area contributed by atoms with E-state index in [0.717, 1.165) is 46.3 Å². The molecule has 0 aliphatic carbocycles. The van der Waals surface area contributed by atoms with Gasteiger partial charge >= 0.3 is 5.97 Å². The molecule has 5 nitrogen and oxygen atoms in total. The topological polar surface area (TPSA) is 75.0 Å². The molecule has 136 valence electrons. The lowest BCUT2D eigenvalue weighted by molar-refractivity contribution is 0.00621. The van der Waals surface area contributed by atoms with Crippen molar-refractivity contribution in [2.75, 3.05) is 0 Å². The predicted octanol–water partition coefficient (Wildman–Crippen LogP) is 4.19. The van der Waals surface area contributed by atoms with E-state index in [1.165, 1.54) is 0 Å². The first kappa shape index (κ1) is 19.0. The molecule has 2 aromatic rings. The maximum atomic E-state index is 12.5. The number of aromatic amines is 2. The summed E-state index contributed by atoms with van der Waals surface area (Å²) in [6, 6.07) is 0. The summed E-state index contributed by atoms with van der Waals surface area (Å²) in [5.74, 6) is -0.327. The molecule has 0 aromatic carbocycles. The van der Waals surface area contributed by atoms with E-state index in [1.54, 1.807) is 0 Å². The van der Waals surface area contributed by atoms with E-state index in [0.29, 0.717) is 17.8 Å². The number of rotatable bonds is 5. The van der Waals surface area contributed by atoms with Crippen LogP contribution in [-0.2, 0) is 17.6 Å². The van der Waals surface area contributed by atoms with Crippen molar-refractivity contribution in [3.63, 3.8) is 0 Å². The van der Waals surface area contributed by atoms with E-state index in [1.807, 2.05) is 48.5 Å². The van der Waals surface area contributed by atoms with Gasteiger partial charge in [-0.3, -0.25) is 4.79 Å². The minimum atomic E-state index is -0.534. The largest absolute Gasteiger partial charge is 0.455 e. The number of hydrogen-bond acceptors (Lipinski definition) is 3. The Balaban J connectivity index is 2.40. The standard InChI is InChI=1S/C20H28N2O3/c1-8-14-13(4)16(22-18(14)19(24)25-20(5,6)7)9-15-11(2)12(3)17(10-23)21-15/h10,21-22H,8-9H2,1-7H3. The number of ether oxygens (including phenoxy) is 1. The number of aromatic nitrogens is 2. The van der Waals surface area contributed by atoms with E-state index in [9.17, 15) is 9.59 Å². The molecule has 2 aromatic heterocycles. The minimum absolute atomic E-state index is 0.327. The summed E-state index contributed by atoms with van der Waals surface area (Å²) in [4.78, 5) is 30.1. The van der Waals surface area contributed by atoms with Gasteiger partial charge in [0.15, 0.2) is 6.29 Å². The Bertz CT molecular complexity index is 804. The van der Waals surface area contributed by atoms with Crippen LogP contribution < -0.4 is 0 Å². The molecule has 0 spiro atoms. The van der Waals surface area contributed by atoms with Crippen LogP contribution in [0.25, 0.3) is 0 Å².